The molecule has 4 nitrogen and oxygen atoms in total. The van der Waals surface area contributed by atoms with Crippen LogP contribution in [0, 0.1) is 6.92 Å². The van der Waals surface area contributed by atoms with Crippen LogP contribution < -0.4 is 10.2 Å². The molecule has 1 N–H and O–H groups in total. The molecule has 0 atom stereocenters. The molecule has 0 aliphatic heterocycles. The summed E-state index contributed by atoms with van der Waals surface area (Å²) in [7, 11) is 2.07. The molecule has 2 aromatic rings. The number of hydrogen-bond donors (Lipinski definition) is 1. The Labute approximate surface area is 123 Å². The second kappa shape index (κ2) is 5.89. The van der Waals surface area contributed by atoms with Gasteiger partial charge in [-0.25, -0.2) is 4.98 Å². The molecule has 1 aliphatic rings. The number of aromatic nitrogens is 2. The lowest BCUT2D eigenvalue weighted by atomic mass is 10.3. The van der Waals surface area contributed by atoms with Crippen molar-refractivity contribution >= 4 is 16.5 Å². The Morgan fingerprint density at radius 1 is 1.30 bits per heavy atom. The standard InChI is InChI=1S/C15H20N4S/c1-11-4-3-5-13(17-11)9-19(2)15-18-14(10-20-15)8-16-12-6-7-12/h3-5,10,12,16H,6-9H2,1-2H3. The Kier molecular flexibility index (Phi) is 3.98. The van der Waals surface area contributed by atoms with Gasteiger partial charge in [-0.3, -0.25) is 4.98 Å². The van der Waals surface area contributed by atoms with Gasteiger partial charge >= 0.3 is 0 Å². The van der Waals surface area contributed by atoms with Crippen LogP contribution in [0.2, 0.25) is 0 Å². The number of nitrogens with zero attached hydrogens (tertiary/aromatic N) is 3. The Hall–Kier alpha value is -1.46. The van der Waals surface area contributed by atoms with E-state index in [9.17, 15) is 0 Å². The zero-order valence-electron chi connectivity index (χ0n) is 12.0. The molecule has 5 heteroatoms. The summed E-state index contributed by atoms with van der Waals surface area (Å²) in [5, 5.41) is 6.70. The van der Waals surface area contributed by atoms with Gasteiger partial charge in [-0.2, -0.15) is 0 Å². The normalized spacial score (nSPS) is 14.5. The molecular weight excluding hydrogens is 268 g/mol. The first-order valence-electron chi connectivity index (χ1n) is 7.02. The van der Waals surface area contributed by atoms with Gasteiger partial charge in [0, 0.05) is 30.7 Å². The van der Waals surface area contributed by atoms with Crippen LogP contribution in [0.25, 0.3) is 0 Å². The maximum absolute atomic E-state index is 4.68. The van der Waals surface area contributed by atoms with Gasteiger partial charge in [0.05, 0.1) is 17.9 Å². The third-order valence-corrected chi connectivity index (χ3v) is 4.36. The van der Waals surface area contributed by atoms with E-state index in [0.717, 1.165) is 41.3 Å². The van der Waals surface area contributed by atoms with Crippen molar-refractivity contribution < 1.29 is 0 Å². The van der Waals surface area contributed by atoms with Crippen LogP contribution in [0.5, 0.6) is 0 Å². The van der Waals surface area contributed by atoms with Gasteiger partial charge in [-0.15, -0.1) is 11.3 Å². The van der Waals surface area contributed by atoms with Gasteiger partial charge in [0.1, 0.15) is 0 Å². The minimum atomic E-state index is 0.731. The molecule has 1 saturated carbocycles. The summed E-state index contributed by atoms with van der Waals surface area (Å²) in [6.45, 7) is 3.71. The highest BCUT2D eigenvalue weighted by atomic mass is 32.1. The number of anilines is 1. The van der Waals surface area contributed by atoms with Gasteiger partial charge in [0.2, 0.25) is 0 Å². The second-order valence-electron chi connectivity index (χ2n) is 5.40. The molecule has 0 saturated heterocycles. The summed E-state index contributed by atoms with van der Waals surface area (Å²) in [5.41, 5.74) is 3.28. The zero-order valence-corrected chi connectivity index (χ0v) is 12.8. The van der Waals surface area contributed by atoms with E-state index in [1.807, 2.05) is 13.0 Å². The third kappa shape index (κ3) is 3.55. The van der Waals surface area contributed by atoms with Crippen LogP contribution in [0.4, 0.5) is 5.13 Å². The van der Waals surface area contributed by atoms with Gasteiger partial charge in [0.15, 0.2) is 5.13 Å². The largest absolute Gasteiger partial charge is 0.345 e. The number of hydrogen-bond acceptors (Lipinski definition) is 5. The maximum Gasteiger partial charge on any atom is 0.185 e. The Balaban J connectivity index is 1.59. The van der Waals surface area contributed by atoms with Crippen molar-refractivity contribution in [1.82, 2.24) is 15.3 Å². The van der Waals surface area contributed by atoms with Gasteiger partial charge < -0.3 is 10.2 Å². The summed E-state index contributed by atoms with van der Waals surface area (Å²) in [4.78, 5) is 11.4. The minimum absolute atomic E-state index is 0.731. The maximum atomic E-state index is 4.68. The van der Waals surface area contributed by atoms with Crippen molar-refractivity contribution in [3.8, 4) is 0 Å². The molecule has 2 heterocycles. The minimum Gasteiger partial charge on any atom is -0.345 e. The van der Waals surface area contributed by atoms with E-state index in [4.69, 9.17) is 0 Å². The van der Waals surface area contributed by atoms with E-state index in [1.54, 1.807) is 11.3 Å². The highest BCUT2D eigenvalue weighted by Crippen LogP contribution is 2.23. The molecule has 0 unspecified atom stereocenters. The number of thiazole rings is 1. The number of rotatable bonds is 6. The van der Waals surface area contributed by atoms with E-state index in [0.29, 0.717) is 0 Å². The number of aryl methyl sites for hydroxylation is 1. The Morgan fingerprint density at radius 3 is 2.90 bits per heavy atom. The fourth-order valence-electron chi connectivity index (χ4n) is 2.09. The lowest BCUT2D eigenvalue weighted by Gasteiger charge is -2.15. The fourth-order valence-corrected chi connectivity index (χ4v) is 2.88. The average Bonchev–Trinajstić information content (AvgIpc) is 3.13. The van der Waals surface area contributed by atoms with Gasteiger partial charge in [-0.05, 0) is 31.9 Å². The molecule has 20 heavy (non-hydrogen) atoms. The van der Waals surface area contributed by atoms with E-state index in [1.165, 1.54) is 12.8 Å². The zero-order chi connectivity index (χ0) is 13.9. The highest BCUT2D eigenvalue weighted by Gasteiger charge is 2.20. The number of pyridine rings is 1. The van der Waals surface area contributed by atoms with Crippen LogP contribution in [0.3, 0.4) is 0 Å². The summed E-state index contributed by atoms with van der Waals surface area (Å²) in [5.74, 6) is 0. The van der Waals surface area contributed by atoms with Crippen molar-refractivity contribution in [3.05, 3.63) is 40.7 Å². The SMILES string of the molecule is Cc1cccc(CN(C)c2nc(CNC3CC3)cs2)n1. The molecule has 0 amide bonds. The van der Waals surface area contributed by atoms with E-state index in [2.05, 4.69) is 44.7 Å². The van der Waals surface area contributed by atoms with Crippen molar-refractivity contribution in [3.63, 3.8) is 0 Å². The van der Waals surface area contributed by atoms with Crippen LogP contribution >= 0.6 is 11.3 Å². The topological polar surface area (TPSA) is 41.1 Å². The predicted molar refractivity (Wildman–Crippen MR) is 83.1 cm³/mol. The van der Waals surface area contributed by atoms with E-state index >= 15 is 0 Å². The van der Waals surface area contributed by atoms with E-state index < -0.39 is 0 Å². The Morgan fingerprint density at radius 2 is 2.15 bits per heavy atom. The predicted octanol–water partition coefficient (Wildman–Crippen LogP) is 2.73. The summed E-state index contributed by atoms with van der Waals surface area (Å²) >= 11 is 1.70. The highest BCUT2D eigenvalue weighted by molar-refractivity contribution is 7.13. The van der Waals surface area contributed by atoms with Crippen molar-refractivity contribution in [2.24, 2.45) is 0 Å². The molecule has 2 aromatic heterocycles. The summed E-state index contributed by atoms with van der Waals surface area (Å²) in [6, 6.07) is 6.87. The third-order valence-electron chi connectivity index (χ3n) is 3.36. The first-order chi connectivity index (χ1) is 9.70. The van der Waals surface area contributed by atoms with Crippen molar-refractivity contribution in [1.29, 1.82) is 0 Å². The lowest BCUT2D eigenvalue weighted by Crippen LogP contribution is -2.18. The second-order valence-corrected chi connectivity index (χ2v) is 6.24. The molecule has 0 bridgehead atoms. The molecular formula is C15H20N4S. The molecule has 106 valence electrons. The van der Waals surface area contributed by atoms with Gasteiger partial charge in [-0.1, -0.05) is 6.07 Å². The monoisotopic (exact) mass is 288 g/mol. The quantitative estimate of drug-likeness (QED) is 0.887. The Bertz CT molecular complexity index is 577. The lowest BCUT2D eigenvalue weighted by molar-refractivity contribution is 0.676. The molecule has 3 rings (SSSR count). The summed E-state index contributed by atoms with van der Waals surface area (Å²) in [6.07, 6.45) is 2.63. The molecule has 0 radical (unpaired) electrons. The van der Waals surface area contributed by atoms with Gasteiger partial charge in [0.25, 0.3) is 0 Å². The molecule has 0 spiro atoms. The number of nitrogens with one attached hydrogen (secondary N) is 1. The molecule has 1 fully saturated rings. The summed E-state index contributed by atoms with van der Waals surface area (Å²) < 4.78 is 0. The molecule has 1 aliphatic carbocycles. The first-order valence-corrected chi connectivity index (χ1v) is 7.90. The van der Waals surface area contributed by atoms with E-state index in [-0.39, 0.29) is 0 Å². The first kappa shape index (κ1) is 13.5. The van der Waals surface area contributed by atoms with Crippen LogP contribution in [-0.4, -0.2) is 23.1 Å². The average molecular weight is 288 g/mol. The molecule has 0 aromatic carbocycles. The van der Waals surface area contributed by atoms with Crippen LogP contribution in [0.15, 0.2) is 23.6 Å². The van der Waals surface area contributed by atoms with Crippen LogP contribution in [-0.2, 0) is 13.1 Å². The van der Waals surface area contributed by atoms with Crippen molar-refractivity contribution in [2.45, 2.75) is 38.9 Å². The van der Waals surface area contributed by atoms with Crippen LogP contribution in [0.1, 0.15) is 29.9 Å². The fraction of sp³-hybridized carbons (Fsp3) is 0.467. The smallest absolute Gasteiger partial charge is 0.185 e. The van der Waals surface area contributed by atoms with Crippen molar-refractivity contribution in [2.75, 3.05) is 11.9 Å².